The second-order valence-electron chi connectivity index (χ2n) is 9.43. The van der Waals surface area contributed by atoms with E-state index in [1.165, 1.54) is 0 Å². The average Bonchev–Trinajstić information content (AvgIpc) is 2.76. The maximum Gasteiger partial charge on any atom is 0.255 e. The summed E-state index contributed by atoms with van der Waals surface area (Å²) in [6.45, 7) is 5.95. The van der Waals surface area contributed by atoms with E-state index in [2.05, 4.69) is 21.8 Å². The second-order valence-corrected chi connectivity index (χ2v) is 11.8. The van der Waals surface area contributed by atoms with Gasteiger partial charge in [0.05, 0.1) is 16.7 Å². The maximum atomic E-state index is 13.0. The first-order valence-corrected chi connectivity index (χ1v) is 12.4. The number of benzene rings is 2. The lowest BCUT2D eigenvalue weighted by molar-refractivity contribution is 0.111. The van der Waals surface area contributed by atoms with Crippen molar-refractivity contribution in [2.45, 2.75) is 62.8 Å². The van der Waals surface area contributed by atoms with Gasteiger partial charge in [-0.1, -0.05) is 41.9 Å². The third-order valence-corrected chi connectivity index (χ3v) is 8.06. The van der Waals surface area contributed by atoms with Crippen LogP contribution < -0.4 is 15.0 Å². The summed E-state index contributed by atoms with van der Waals surface area (Å²) in [5.41, 5.74) is 0.623. The molecule has 7 heteroatoms. The van der Waals surface area contributed by atoms with Crippen LogP contribution in [0.15, 0.2) is 59.5 Å². The minimum Gasteiger partial charge on any atom is -0.598 e. The topological polar surface area (TPSA) is 77.2 Å². The third-order valence-electron chi connectivity index (χ3n) is 6.08. The van der Waals surface area contributed by atoms with Gasteiger partial charge in [0, 0.05) is 22.9 Å². The molecule has 32 heavy (non-hydrogen) atoms. The molecule has 0 spiro atoms. The number of hydrogen-bond donors (Lipinski definition) is 2. The Morgan fingerprint density at radius 2 is 1.84 bits per heavy atom. The molecule has 0 bridgehead atoms. The van der Waals surface area contributed by atoms with Crippen LogP contribution in [0.1, 0.15) is 52.0 Å². The van der Waals surface area contributed by atoms with Gasteiger partial charge >= 0.3 is 0 Å². The van der Waals surface area contributed by atoms with Crippen LogP contribution in [0.3, 0.4) is 0 Å². The van der Waals surface area contributed by atoms with Gasteiger partial charge in [-0.2, -0.15) is 0 Å². The molecule has 0 radical (unpaired) electrons. The summed E-state index contributed by atoms with van der Waals surface area (Å²) in [4.78, 5) is 14.7. The predicted molar refractivity (Wildman–Crippen MR) is 132 cm³/mol. The van der Waals surface area contributed by atoms with Crippen molar-refractivity contribution in [3.63, 3.8) is 0 Å². The van der Waals surface area contributed by atoms with Crippen LogP contribution in [0.25, 0.3) is 10.8 Å². The van der Waals surface area contributed by atoms with Crippen molar-refractivity contribution < 1.29 is 9.29 Å². The Morgan fingerprint density at radius 1 is 1.16 bits per heavy atom. The molecule has 1 aliphatic rings. The Kier molecular flexibility index (Phi) is 6.59. The molecule has 1 heterocycles. The van der Waals surface area contributed by atoms with Gasteiger partial charge in [-0.15, -0.1) is 4.72 Å². The van der Waals surface area contributed by atoms with Gasteiger partial charge in [-0.3, -0.25) is 4.79 Å². The fourth-order valence-corrected chi connectivity index (χ4v) is 5.39. The standard InChI is InChI=1S/C25H29ClN2O3S/c1-24(2,3)32(30)28-25(18-7-5-4-6-8-18)12-9-19(10-13-25)31-22-15-17-11-14-27-23(29)20(17)16-21(22)26/h4-8,11,14-16,19,28H,9-10,12-13H2,1-3H3,(H,27,29). The lowest BCUT2D eigenvalue weighted by Crippen LogP contribution is -2.53. The second kappa shape index (κ2) is 9.10. The number of nitrogens with one attached hydrogen (secondary N) is 2. The summed E-state index contributed by atoms with van der Waals surface area (Å²) >= 11 is 5.25. The molecular weight excluding hydrogens is 444 g/mol. The van der Waals surface area contributed by atoms with E-state index in [0.717, 1.165) is 36.6 Å². The van der Waals surface area contributed by atoms with Gasteiger partial charge in [-0.05, 0) is 75.6 Å². The first-order valence-electron chi connectivity index (χ1n) is 10.9. The van der Waals surface area contributed by atoms with Crippen LogP contribution in [0.4, 0.5) is 0 Å². The van der Waals surface area contributed by atoms with Crippen LogP contribution in [0, 0.1) is 0 Å². The Bertz CT molecular complexity index is 1140. The first kappa shape index (κ1) is 23.2. The number of ether oxygens (including phenoxy) is 1. The molecule has 170 valence electrons. The smallest absolute Gasteiger partial charge is 0.255 e. The minimum absolute atomic E-state index is 0.00587. The summed E-state index contributed by atoms with van der Waals surface area (Å²) in [5.74, 6) is 0.591. The van der Waals surface area contributed by atoms with Gasteiger partial charge in [0.1, 0.15) is 10.5 Å². The van der Waals surface area contributed by atoms with E-state index in [4.69, 9.17) is 16.3 Å². The highest BCUT2D eigenvalue weighted by Gasteiger charge is 2.43. The molecule has 0 aliphatic heterocycles. The van der Waals surface area contributed by atoms with Crippen molar-refractivity contribution in [3.8, 4) is 5.75 Å². The SMILES string of the molecule is CC(C)(C)[S+]([O-])NC1(c2ccccc2)CCC(Oc2cc3cc[nH]c(=O)c3cc2Cl)CC1. The summed E-state index contributed by atoms with van der Waals surface area (Å²) in [5, 5.41) is 1.77. The molecule has 0 amide bonds. The molecule has 1 fully saturated rings. The number of halogens is 1. The fraction of sp³-hybridized carbons (Fsp3) is 0.400. The van der Waals surface area contributed by atoms with Crippen LogP contribution in [-0.2, 0) is 16.9 Å². The van der Waals surface area contributed by atoms with Crippen molar-refractivity contribution >= 4 is 33.7 Å². The Labute approximate surface area is 196 Å². The number of H-pyrrole nitrogens is 1. The van der Waals surface area contributed by atoms with E-state index < -0.39 is 11.4 Å². The molecule has 1 aliphatic carbocycles. The highest BCUT2D eigenvalue weighted by Crippen LogP contribution is 2.41. The van der Waals surface area contributed by atoms with Crippen molar-refractivity contribution in [1.82, 2.24) is 9.71 Å². The summed E-state index contributed by atoms with van der Waals surface area (Å²) in [6.07, 6.45) is 4.81. The number of hydrogen-bond acceptors (Lipinski definition) is 4. The Balaban J connectivity index is 1.54. The molecule has 1 saturated carbocycles. The van der Waals surface area contributed by atoms with Crippen LogP contribution in [0.2, 0.25) is 5.02 Å². The molecule has 2 aromatic carbocycles. The number of aromatic amines is 1. The molecule has 3 aromatic rings. The van der Waals surface area contributed by atoms with E-state index in [0.29, 0.717) is 16.2 Å². The lowest BCUT2D eigenvalue weighted by atomic mass is 9.76. The quantitative estimate of drug-likeness (QED) is 0.484. The Hall–Kier alpha value is -1.99. The zero-order valence-electron chi connectivity index (χ0n) is 18.6. The molecule has 5 nitrogen and oxygen atoms in total. The zero-order chi connectivity index (χ0) is 22.9. The van der Waals surface area contributed by atoms with Crippen LogP contribution in [-0.4, -0.2) is 20.4 Å². The maximum absolute atomic E-state index is 13.0. The van der Waals surface area contributed by atoms with Crippen molar-refractivity contribution in [3.05, 3.63) is 75.7 Å². The van der Waals surface area contributed by atoms with E-state index in [1.807, 2.05) is 51.1 Å². The normalized spacial score (nSPS) is 22.6. The highest BCUT2D eigenvalue weighted by molar-refractivity contribution is 7.90. The Morgan fingerprint density at radius 3 is 2.50 bits per heavy atom. The van der Waals surface area contributed by atoms with Gasteiger partial charge in [0.2, 0.25) is 0 Å². The van der Waals surface area contributed by atoms with E-state index in [1.54, 1.807) is 12.3 Å². The molecule has 1 aromatic heterocycles. The van der Waals surface area contributed by atoms with Crippen LogP contribution >= 0.6 is 11.6 Å². The minimum atomic E-state index is -1.19. The summed E-state index contributed by atoms with van der Waals surface area (Å²) in [7, 11) is 0. The van der Waals surface area contributed by atoms with Crippen molar-refractivity contribution in [2.24, 2.45) is 0 Å². The molecular formula is C25H29ClN2O3S. The van der Waals surface area contributed by atoms with Gasteiger partial charge in [0.15, 0.2) is 0 Å². The molecule has 4 rings (SSSR count). The molecule has 1 unspecified atom stereocenters. The fourth-order valence-electron chi connectivity index (χ4n) is 4.20. The van der Waals surface area contributed by atoms with Gasteiger partial charge in [0.25, 0.3) is 5.56 Å². The van der Waals surface area contributed by atoms with Crippen molar-refractivity contribution in [1.29, 1.82) is 0 Å². The summed E-state index contributed by atoms with van der Waals surface area (Å²) in [6, 6.07) is 15.6. The van der Waals surface area contributed by atoms with Crippen molar-refractivity contribution in [2.75, 3.05) is 0 Å². The molecule has 1 atom stereocenters. The number of pyridine rings is 1. The summed E-state index contributed by atoms with van der Waals surface area (Å²) < 4.78 is 22.4. The largest absolute Gasteiger partial charge is 0.598 e. The monoisotopic (exact) mass is 472 g/mol. The van der Waals surface area contributed by atoms with Gasteiger partial charge in [-0.25, -0.2) is 0 Å². The van der Waals surface area contributed by atoms with E-state index in [9.17, 15) is 9.35 Å². The highest BCUT2D eigenvalue weighted by atomic mass is 35.5. The lowest BCUT2D eigenvalue weighted by Gasteiger charge is -2.42. The van der Waals surface area contributed by atoms with E-state index >= 15 is 0 Å². The van der Waals surface area contributed by atoms with E-state index in [-0.39, 0.29) is 21.9 Å². The first-order chi connectivity index (χ1) is 15.2. The number of fused-ring (bicyclic) bond motifs is 1. The zero-order valence-corrected chi connectivity index (χ0v) is 20.2. The third kappa shape index (κ3) is 4.84. The average molecular weight is 473 g/mol. The predicted octanol–water partition coefficient (Wildman–Crippen LogP) is 5.45. The number of rotatable bonds is 5. The van der Waals surface area contributed by atoms with Gasteiger partial charge < -0.3 is 14.3 Å². The molecule has 0 saturated heterocycles. The number of aromatic nitrogens is 1. The molecule has 2 N–H and O–H groups in total. The van der Waals surface area contributed by atoms with Crippen LogP contribution in [0.5, 0.6) is 5.75 Å².